The molecule has 0 aliphatic heterocycles. The average molecular weight is 195 g/mol. The van der Waals surface area contributed by atoms with Crippen molar-refractivity contribution in [2.75, 3.05) is 12.3 Å². The van der Waals surface area contributed by atoms with Gasteiger partial charge < -0.3 is 10.5 Å². The molecule has 0 atom stereocenters. The second-order valence-corrected chi connectivity index (χ2v) is 2.66. The third-order valence-electron chi connectivity index (χ3n) is 1.50. The Morgan fingerprint density at radius 2 is 2.57 bits per heavy atom. The number of nitrogens with one attached hydrogen (secondary N) is 1. The third-order valence-corrected chi connectivity index (χ3v) is 1.50. The van der Waals surface area contributed by atoms with E-state index in [0.717, 1.165) is 5.69 Å². The summed E-state index contributed by atoms with van der Waals surface area (Å²) in [4.78, 5) is 10.9. The smallest absolute Gasteiger partial charge is 0.309 e. The molecule has 3 N–H and O–H groups in total. The summed E-state index contributed by atoms with van der Waals surface area (Å²) in [5, 5.41) is 6.43. The topological polar surface area (TPSA) is 81.0 Å². The Bertz CT molecular complexity index is 331. The van der Waals surface area contributed by atoms with E-state index in [-0.39, 0.29) is 12.4 Å². The lowest BCUT2D eigenvalue weighted by Gasteiger charge is -1.95. The van der Waals surface area contributed by atoms with Gasteiger partial charge in [-0.3, -0.25) is 9.89 Å². The molecule has 0 bridgehead atoms. The Hall–Kier alpha value is -1.78. The quantitative estimate of drug-likeness (QED) is 0.701. The highest BCUT2D eigenvalue weighted by Crippen LogP contribution is 2.03. The highest BCUT2D eigenvalue weighted by atomic mass is 16.5. The molecule has 14 heavy (non-hydrogen) atoms. The van der Waals surface area contributed by atoms with Gasteiger partial charge in [0.1, 0.15) is 5.82 Å². The van der Waals surface area contributed by atoms with Gasteiger partial charge in [-0.1, -0.05) is 6.08 Å². The Kier molecular flexibility index (Phi) is 3.72. The van der Waals surface area contributed by atoms with Crippen LogP contribution in [-0.2, 0) is 9.53 Å². The molecule has 0 radical (unpaired) electrons. The van der Waals surface area contributed by atoms with Crippen molar-refractivity contribution in [1.29, 1.82) is 0 Å². The lowest BCUT2D eigenvalue weighted by Crippen LogP contribution is -2.01. The minimum atomic E-state index is -0.240. The fourth-order valence-electron chi connectivity index (χ4n) is 0.940. The number of ether oxygens (including phenoxy) is 1. The number of H-pyrrole nitrogens is 1. The molecule has 5 nitrogen and oxygen atoms in total. The first kappa shape index (κ1) is 10.3. The number of carbonyl (C=O) groups is 1. The number of anilines is 1. The maximum atomic E-state index is 10.9. The summed E-state index contributed by atoms with van der Waals surface area (Å²) >= 11 is 0. The first-order chi connectivity index (χ1) is 6.72. The molecule has 1 aromatic rings. The van der Waals surface area contributed by atoms with Gasteiger partial charge >= 0.3 is 5.97 Å². The van der Waals surface area contributed by atoms with Gasteiger partial charge in [-0.25, -0.2) is 0 Å². The fraction of sp³-hybridized carbons (Fsp3) is 0.333. The lowest BCUT2D eigenvalue weighted by molar-refractivity contribution is -0.142. The van der Waals surface area contributed by atoms with Crippen LogP contribution in [0.15, 0.2) is 12.1 Å². The Morgan fingerprint density at radius 3 is 3.14 bits per heavy atom. The van der Waals surface area contributed by atoms with E-state index >= 15 is 0 Å². The van der Waals surface area contributed by atoms with E-state index in [9.17, 15) is 4.79 Å². The van der Waals surface area contributed by atoms with Crippen LogP contribution < -0.4 is 5.73 Å². The van der Waals surface area contributed by atoms with Crippen molar-refractivity contribution in [3.63, 3.8) is 0 Å². The van der Waals surface area contributed by atoms with E-state index in [0.29, 0.717) is 12.4 Å². The Labute approximate surface area is 81.9 Å². The number of esters is 1. The molecule has 0 aliphatic rings. The molecule has 0 unspecified atom stereocenters. The highest BCUT2D eigenvalue weighted by Gasteiger charge is 1.97. The van der Waals surface area contributed by atoms with Crippen molar-refractivity contribution in [3.05, 3.63) is 17.8 Å². The second kappa shape index (κ2) is 5.06. The molecule has 5 heteroatoms. The molecule has 0 spiro atoms. The van der Waals surface area contributed by atoms with E-state index in [1.54, 1.807) is 25.1 Å². The number of aromatic nitrogens is 2. The van der Waals surface area contributed by atoms with Crippen molar-refractivity contribution < 1.29 is 9.53 Å². The Balaban J connectivity index is 2.37. The van der Waals surface area contributed by atoms with E-state index in [2.05, 4.69) is 10.2 Å². The first-order valence-corrected chi connectivity index (χ1v) is 4.35. The van der Waals surface area contributed by atoms with Crippen molar-refractivity contribution in [1.82, 2.24) is 10.2 Å². The standard InChI is InChI=1S/C9H13N3O2/c1-2-14-9(13)5-3-4-7-6-8(10)12-11-7/h3-4,6H,2,5H2,1H3,(H3,10,11,12). The summed E-state index contributed by atoms with van der Waals surface area (Å²) < 4.78 is 4.74. The van der Waals surface area contributed by atoms with Crippen molar-refractivity contribution in [2.24, 2.45) is 0 Å². The molecule has 0 fully saturated rings. The minimum Gasteiger partial charge on any atom is -0.466 e. The van der Waals surface area contributed by atoms with Crippen molar-refractivity contribution in [3.8, 4) is 0 Å². The predicted molar refractivity (Wildman–Crippen MR) is 53.3 cm³/mol. The van der Waals surface area contributed by atoms with E-state index in [4.69, 9.17) is 10.5 Å². The number of carbonyl (C=O) groups excluding carboxylic acids is 1. The van der Waals surface area contributed by atoms with Crippen molar-refractivity contribution in [2.45, 2.75) is 13.3 Å². The molecule has 0 aromatic carbocycles. The minimum absolute atomic E-state index is 0.240. The predicted octanol–water partition coefficient (Wildman–Crippen LogP) is 0.958. The summed E-state index contributed by atoms with van der Waals surface area (Å²) in [6.07, 6.45) is 3.69. The monoisotopic (exact) mass is 195 g/mol. The molecular weight excluding hydrogens is 182 g/mol. The number of rotatable bonds is 4. The highest BCUT2D eigenvalue weighted by molar-refractivity contribution is 5.72. The molecule has 1 rings (SSSR count). The van der Waals surface area contributed by atoms with Crippen LogP contribution in [0.4, 0.5) is 5.82 Å². The normalized spacial score (nSPS) is 10.6. The van der Waals surface area contributed by atoms with Gasteiger partial charge in [-0.15, -0.1) is 0 Å². The van der Waals surface area contributed by atoms with Crippen LogP contribution in [0.2, 0.25) is 0 Å². The van der Waals surface area contributed by atoms with Gasteiger partial charge in [0, 0.05) is 6.07 Å². The number of nitrogens with zero attached hydrogens (tertiary/aromatic N) is 1. The number of nitrogens with two attached hydrogens (primary N) is 1. The molecule has 1 heterocycles. The van der Waals surface area contributed by atoms with Gasteiger partial charge in [0.15, 0.2) is 0 Å². The van der Waals surface area contributed by atoms with Gasteiger partial charge in [-0.05, 0) is 13.0 Å². The molecule has 0 aliphatic carbocycles. The maximum Gasteiger partial charge on any atom is 0.309 e. The first-order valence-electron chi connectivity index (χ1n) is 4.35. The summed E-state index contributed by atoms with van der Waals surface area (Å²) in [5.41, 5.74) is 6.16. The van der Waals surface area contributed by atoms with Gasteiger partial charge in [0.2, 0.25) is 0 Å². The van der Waals surface area contributed by atoms with Crippen LogP contribution in [-0.4, -0.2) is 22.8 Å². The molecule has 1 aromatic heterocycles. The van der Waals surface area contributed by atoms with Gasteiger partial charge in [0.25, 0.3) is 0 Å². The summed E-state index contributed by atoms with van der Waals surface area (Å²) in [6.45, 7) is 2.18. The summed E-state index contributed by atoms with van der Waals surface area (Å²) in [6, 6.07) is 1.68. The fourth-order valence-corrected chi connectivity index (χ4v) is 0.940. The van der Waals surface area contributed by atoms with Crippen LogP contribution in [0.1, 0.15) is 19.0 Å². The number of aromatic amines is 1. The van der Waals surface area contributed by atoms with Crippen LogP contribution in [0.3, 0.4) is 0 Å². The van der Waals surface area contributed by atoms with Crippen LogP contribution in [0.5, 0.6) is 0 Å². The number of nitrogen functional groups attached to an aromatic ring is 1. The molecule has 76 valence electrons. The SMILES string of the molecule is CCOC(=O)CC=Cc1cc(N)n[nH]1. The van der Waals surface area contributed by atoms with Gasteiger partial charge in [0.05, 0.1) is 18.7 Å². The zero-order chi connectivity index (χ0) is 10.4. The van der Waals surface area contributed by atoms with Gasteiger partial charge in [-0.2, -0.15) is 5.10 Å². The summed E-state index contributed by atoms with van der Waals surface area (Å²) in [7, 11) is 0. The third kappa shape index (κ3) is 3.30. The molecule has 0 saturated heterocycles. The average Bonchev–Trinajstić information content (AvgIpc) is 2.52. The van der Waals surface area contributed by atoms with E-state index in [1.165, 1.54) is 0 Å². The number of hydrogen-bond donors (Lipinski definition) is 2. The summed E-state index contributed by atoms with van der Waals surface area (Å²) in [5.74, 6) is 0.192. The lowest BCUT2D eigenvalue weighted by atomic mass is 10.3. The second-order valence-electron chi connectivity index (χ2n) is 2.66. The molecule has 0 amide bonds. The largest absolute Gasteiger partial charge is 0.466 e. The van der Waals surface area contributed by atoms with Crippen LogP contribution in [0, 0.1) is 0 Å². The zero-order valence-electron chi connectivity index (χ0n) is 7.99. The van der Waals surface area contributed by atoms with E-state index in [1.807, 2.05) is 0 Å². The van der Waals surface area contributed by atoms with Crippen molar-refractivity contribution >= 4 is 17.9 Å². The van der Waals surface area contributed by atoms with E-state index < -0.39 is 0 Å². The Morgan fingerprint density at radius 1 is 1.79 bits per heavy atom. The maximum absolute atomic E-state index is 10.9. The van der Waals surface area contributed by atoms with Crippen LogP contribution >= 0.6 is 0 Å². The zero-order valence-corrected chi connectivity index (χ0v) is 7.99. The molecule has 0 saturated carbocycles. The molecular formula is C9H13N3O2. The van der Waals surface area contributed by atoms with Crippen LogP contribution in [0.25, 0.3) is 6.08 Å². The number of hydrogen-bond acceptors (Lipinski definition) is 4.